The summed E-state index contributed by atoms with van der Waals surface area (Å²) in [5, 5.41) is 10.9. The summed E-state index contributed by atoms with van der Waals surface area (Å²) in [6, 6.07) is 8.18. The molecule has 20 heavy (non-hydrogen) atoms. The number of allylic oxidation sites excluding steroid dienone is 2. The van der Waals surface area contributed by atoms with Gasteiger partial charge in [0.2, 0.25) is 6.20 Å². The van der Waals surface area contributed by atoms with E-state index in [4.69, 9.17) is 11.6 Å². The molecule has 1 aromatic rings. The molecule has 0 aliphatic heterocycles. The van der Waals surface area contributed by atoms with Crippen LogP contribution in [0, 0.1) is 17.0 Å². The van der Waals surface area contributed by atoms with Crippen molar-refractivity contribution in [2.24, 2.45) is 0 Å². The predicted octanol–water partition coefficient (Wildman–Crippen LogP) is 5.21. The van der Waals surface area contributed by atoms with Gasteiger partial charge >= 0.3 is 0 Å². The Morgan fingerprint density at radius 1 is 1.30 bits per heavy atom. The zero-order chi connectivity index (χ0) is 15.3. The lowest BCUT2D eigenvalue weighted by atomic mass is 10.2. The van der Waals surface area contributed by atoms with Gasteiger partial charge in [-0.2, -0.15) is 0 Å². The van der Waals surface area contributed by atoms with Crippen LogP contribution in [-0.4, -0.2) is 13.0 Å². The smallest absolute Gasteiger partial charge is 0.235 e. The Morgan fingerprint density at radius 2 is 1.85 bits per heavy atom. The molecule has 0 N–H and O–H groups in total. The highest BCUT2D eigenvalue weighted by atomic mass is 35.5. The van der Waals surface area contributed by atoms with Crippen LogP contribution in [0.4, 0.5) is 0 Å². The molecule has 0 unspecified atom stereocenters. The van der Waals surface area contributed by atoms with Crippen LogP contribution in [0.1, 0.15) is 5.56 Å². The molecule has 1 rings (SSSR count). The molecule has 0 heterocycles. The van der Waals surface area contributed by atoms with E-state index >= 15 is 0 Å². The third kappa shape index (κ3) is 5.52. The molecule has 108 valence electrons. The standard InChI is InChI=1S/C14H18ClNO2SSi/c1-11-5-7-12(8-6-11)19-14(20(2,3)4)13(15)9-10-16(17)18/h5-10H,1-4H3/b10-9+,14-13-. The molecule has 0 spiro atoms. The number of rotatable bonds is 5. The minimum absolute atomic E-state index is 0.464. The largest absolute Gasteiger partial charge is 0.259 e. The van der Waals surface area contributed by atoms with Crippen LogP contribution >= 0.6 is 23.4 Å². The molecule has 3 nitrogen and oxygen atoms in total. The Balaban J connectivity index is 3.10. The van der Waals surface area contributed by atoms with Crippen molar-refractivity contribution in [1.29, 1.82) is 0 Å². The maximum atomic E-state index is 10.4. The van der Waals surface area contributed by atoms with Crippen molar-refractivity contribution in [3.8, 4) is 0 Å². The molecule has 0 aliphatic carbocycles. The number of aryl methyl sites for hydroxylation is 1. The van der Waals surface area contributed by atoms with E-state index in [9.17, 15) is 10.1 Å². The molecule has 0 aliphatic rings. The van der Waals surface area contributed by atoms with Crippen molar-refractivity contribution in [2.45, 2.75) is 31.5 Å². The quantitative estimate of drug-likeness (QED) is 0.245. The summed E-state index contributed by atoms with van der Waals surface area (Å²) in [4.78, 5) is 11.0. The molecule has 0 bridgehead atoms. The lowest BCUT2D eigenvalue weighted by Crippen LogP contribution is -2.22. The van der Waals surface area contributed by atoms with Crippen LogP contribution in [0.2, 0.25) is 19.6 Å². The molecule has 1 aromatic carbocycles. The summed E-state index contributed by atoms with van der Waals surface area (Å²) >= 11 is 7.86. The normalized spacial score (nSPS) is 13.4. The van der Waals surface area contributed by atoms with Crippen LogP contribution in [-0.2, 0) is 0 Å². The third-order valence-electron chi connectivity index (χ3n) is 2.48. The third-order valence-corrected chi connectivity index (χ3v) is 7.77. The monoisotopic (exact) mass is 327 g/mol. The fourth-order valence-electron chi connectivity index (χ4n) is 1.49. The first-order valence-corrected chi connectivity index (χ1v) is 10.9. The molecule has 0 radical (unpaired) electrons. The van der Waals surface area contributed by atoms with E-state index in [1.807, 2.05) is 31.2 Å². The first-order chi connectivity index (χ1) is 9.20. The van der Waals surface area contributed by atoms with E-state index in [0.717, 1.165) is 15.6 Å². The van der Waals surface area contributed by atoms with Crippen LogP contribution < -0.4 is 0 Å². The Hall–Kier alpha value is -1.04. The summed E-state index contributed by atoms with van der Waals surface area (Å²) in [7, 11) is -1.68. The summed E-state index contributed by atoms with van der Waals surface area (Å²) in [5.41, 5.74) is 1.20. The van der Waals surface area contributed by atoms with E-state index in [1.165, 1.54) is 11.6 Å². The SMILES string of the molecule is Cc1ccc(S/C(=C(Cl)\C=C\[N+](=O)[O-])[Si](C)(C)C)cc1. The van der Waals surface area contributed by atoms with Crippen molar-refractivity contribution in [1.82, 2.24) is 0 Å². The maximum absolute atomic E-state index is 10.4. The van der Waals surface area contributed by atoms with Gasteiger partial charge in [-0.05, 0) is 23.6 Å². The van der Waals surface area contributed by atoms with Gasteiger partial charge < -0.3 is 0 Å². The average Bonchev–Trinajstić information content (AvgIpc) is 2.33. The minimum Gasteiger partial charge on any atom is -0.259 e. The van der Waals surface area contributed by atoms with Gasteiger partial charge in [-0.3, -0.25) is 10.1 Å². The zero-order valence-electron chi connectivity index (χ0n) is 12.0. The van der Waals surface area contributed by atoms with E-state index in [0.29, 0.717) is 5.03 Å². The second-order valence-electron chi connectivity index (χ2n) is 5.44. The highest BCUT2D eigenvalue weighted by molar-refractivity contribution is 8.05. The topological polar surface area (TPSA) is 43.1 Å². The van der Waals surface area contributed by atoms with E-state index in [-0.39, 0.29) is 0 Å². The molecule has 0 saturated heterocycles. The summed E-state index contributed by atoms with van der Waals surface area (Å²) in [6.07, 6.45) is 2.26. The van der Waals surface area contributed by atoms with Crippen molar-refractivity contribution >= 4 is 31.4 Å². The number of thioether (sulfide) groups is 1. The minimum atomic E-state index is -1.68. The van der Waals surface area contributed by atoms with Gasteiger partial charge in [-0.25, -0.2) is 0 Å². The number of nitro groups is 1. The second-order valence-corrected chi connectivity index (χ2v) is 12.3. The first-order valence-electron chi connectivity index (χ1n) is 6.16. The van der Waals surface area contributed by atoms with Crippen molar-refractivity contribution < 1.29 is 4.92 Å². The van der Waals surface area contributed by atoms with Crippen molar-refractivity contribution in [2.75, 3.05) is 0 Å². The Labute approximate surface area is 129 Å². The molecule has 0 atom stereocenters. The van der Waals surface area contributed by atoms with Gasteiger partial charge in [-0.15, -0.1) is 0 Å². The van der Waals surface area contributed by atoms with E-state index < -0.39 is 13.0 Å². The number of halogens is 1. The molecule has 0 aromatic heterocycles. The number of nitrogens with zero attached hydrogens (tertiary/aromatic N) is 1. The molecular weight excluding hydrogens is 310 g/mol. The zero-order valence-corrected chi connectivity index (χ0v) is 14.6. The van der Waals surface area contributed by atoms with Crippen molar-refractivity contribution in [3.63, 3.8) is 0 Å². The summed E-state index contributed by atoms with van der Waals surface area (Å²) in [5.74, 6) is 0. The maximum Gasteiger partial charge on any atom is 0.235 e. The van der Waals surface area contributed by atoms with Crippen LogP contribution in [0.3, 0.4) is 0 Å². The molecular formula is C14H18ClNO2SSi. The Bertz CT molecular complexity index is 547. The fourth-order valence-corrected chi connectivity index (χ4v) is 5.56. The van der Waals surface area contributed by atoms with Gasteiger partial charge in [0.1, 0.15) is 0 Å². The van der Waals surface area contributed by atoms with Crippen LogP contribution in [0.15, 0.2) is 51.0 Å². The lowest BCUT2D eigenvalue weighted by Gasteiger charge is -2.21. The van der Waals surface area contributed by atoms with E-state index in [2.05, 4.69) is 19.6 Å². The number of hydrogen-bond acceptors (Lipinski definition) is 3. The Morgan fingerprint density at radius 3 is 2.30 bits per heavy atom. The summed E-state index contributed by atoms with van der Waals surface area (Å²) < 4.78 is 1.04. The predicted molar refractivity (Wildman–Crippen MR) is 89.4 cm³/mol. The fraction of sp³-hybridized carbons (Fsp3) is 0.286. The molecule has 0 saturated carbocycles. The average molecular weight is 328 g/mol. The van der Waals surface area contributed by atoms with Gasteiger partial charge in [-0.1, -0.05) is 60.7 Å². The molecule has 0 amide bonds. The molecule has 6 heteroatoms. The number of hydrogen-bond donors (Lipinski definition) is 0. The van der Waals surface area contributed by atoms with Crippen molar-refractivity contribution in [3.05, 3.63) is 61.8 Å². The van der Waals surface area contributed by atoms with E-state index in [1.54, 1.807) is 11.8 Å². The first kappa shape index (κ1) is 17.0. The molecule has 0 fully saturated rings. The van der Waals surface area contributed by atoms with Crippen LogP contribution in [0.25, 0.3) is 0 Å². The van der Waals surface area contributed by atoms with Gasteiger partial charge in [0.15, 0.2) is 0 Å². The van der Waals surface area contributed by atoms with Gasteiger partial charge in [0.05, 0.1) is 18.0 Å². The second kappa shape index (κ2) is 7.11. The summed E-state index contributed by atoms with van der Waals surface area (Å²) in [6.45, 7) is 8.56. The van der Waals surface area contributed by atoms with Crippen LogP contribution in [0.5, 0.6) is 0 Å². The number of benzene rings is 1. The highest BCUT2D eigenvalue weighted by Gasteiger charge is 2.23. The lowest BCUT2D eigenvalue weighted by molar-refractivity contribution is -0.402. The Kier molecular flexibility index (Phi) is 6.04. The highest BCUT2D eigenvalue weighted by Crippen LogP contribution is 2.37. The van der Waals surface area contributed by atoms with Gasteiger partial charge in [0.25, 0.3) is 0 Å². The van der Waals surface area contributed by atoms with Gasteiger partial charge in [0, 0.05) is 11.0 Å².